The van der Waals surface area contributed by atoms with Crippen LogP contribution in [-0.4, -0.2) is 50.3 Å². The summed E-state index contributed by atoms with van der Waals surface area (Å²) in [5.41, 5.74) is 1.08. The number of sulfonamides is 1. The smallest absolute Gasteiger partial charge is 0.413 e. The van der Waals surface area contributed by atoms with Crippen LogP contribution < -0.4 is 10.6 Å². The Labute approximate surface area is 206 Å². The van der Waals surface area contributed by atoms with Crippen molar-refractivity contribution >= 4 is 55.6 Å². The molecule has 2 aliphatic rings. The molecule has 9 nitrogen and oxygen atoms in total. The van der Waals surface area contributed by atoms with Crippen molar-refractivity contribution in [3.05, 3.63) is 33.5 Å². The molecule has 2 N–H and O–H groups in total. The second-order valence-corrected chi connectivity index (χ2v) is 12.7. The number of rotatable bonds is 5. The molecule has 2 unspecified atom stereocenters. The van der Waals surface area contributed by atoms with Crippen molar-refractivity contribution in [1.82, 2.24) is 9.62 Å². The van der Waals surface area contributed by atoms with E-state index >= 15 is 0 Å². The number of piperidine rings is 1. The Balaban J connectivity index is 1.64. The predicted molar refractivity (Wildman–Crippen MR) is 130 cm³/mol. The van der Waals surface area contributed by atoms with E-state index in [9.17, 15) is 22.8 Å². The Bertz CT molecular complexity index is 1190. The number of anilines is 1. The monoisotopic (exact) mass is 525 g/mol. The van der Waals surface area contributed by atoms with Gasteiger partial charge in [0.2, 0.25) is 5.91 Å². The second kappa shape index (κ2) is 10.1. The van der Waals surface area contributed by atoms with E-state index in [2.05, 4.69) is 22.3 Å². The van der Waals surface area contributed by atoms with Crippen LogP contribution in [0.15, 0.2) is 21.7 Å². The van der Waals surface area contributed by atoms with Gasteiger partial charge in [-0.05, 0) is 55.0 Å². The zero-order valence-electron chi connectivity index (χ0n) is 19.0. The number of hydrogen-bond acceptors (Lipinski definition) is 8. The van der Waals surface area contributed by atoms with Crippen molar-refractivity contribution in [2.75, 3.05) is 19.0 Å². The summed E-state index contributed by atoms with van der Waals surface area (Å²) in [5.74, 6) is -0.671. The number of nitrogens with one attached hydrogen (secondary N) is 2. The summed E-state index contributed by atoms with van der Waals surface area (Å²) in [4.78, 5) is 39.0. The number of hydrogen-bond donors (Lipinski definition) is 2. The van der Waals surface area contributed by atoms with Crippen LogP contribution in [0.1, 0.15) is 53.4 Å². The number of methoxy groups -OCH3 is 1. The summed E-state index contributed by atoms with van der Waals surface area (Å²) < 4.78 is 32.4. The second-order valence-electron chi connectivity index (χ2n) is 8.55. The third-order valence-corrected chi connectivity index (χ3v) is 10.6. The molecule has 4 rings (SSSR count). The summed E-state index contributed by atoms with van der Waals surface area (Å²) in [6.07, 6.45) is 3.24. The van der Waals surface area contributed by atoms with Gasteiger partial charge >= 0.3 is 6.09 Å². The van der Waals surface area contributed by atoms with Gasteiger partial charge in [-0.25, -0.2) is 13.2 Å². The van der Waals surface area contributed by atoms with Crippen LogP contribution in [0.3, 0.4) is 0 Å². The van der Waals surface area contributed by atoms with E-state index in [1.165, 1.54) is 28.8 Å². The number of fused-ring (bicyclic) bond motifs is 1. The molecule has 0 radical (unpaired) electrons. The van der Waals surface area contributed by atoms with E-state index in [1.807, 2.05) is 0 Å². The average Bonchev–Trinajstić information content (AvgIpc) is 3.47. The van der Waals surface area contributed by atoms with Crippen LogP contribution in [0, 0.1) is 5.92 Å². The molecule has 34 heavy (non-hydrogen) atoms. The molecule has 0 bridgehead atoms. The minimum atomic E-state index is -3.81. The lowest BCUT2D eigenvalue weighted by atomic mass is 9.88. The third kappa shape index (κ3) is 4.90. The Kier molecular flexibility index (Phi) is 7.41. The standard InChI is InChI=1S/C22H27N3O6S3/c1-13-8-9-14-16(12-13)33-21(18(14)20(27)24-22(28)31-2)23-19(26)15-6-3-4-10-25(15)34(29,30)17-7-5-11-32-17/h5,7,11,13,15H,3-4,6,8-10,12H2,1-2H3,(H,23,26)(H,24,27,28). The molecule has 2 aromatic heterocycles. The maximum Gasteiger partial charge on any atom is 0.413 e. The van der Waals surface area contributed by atoms with Gasteiger partial charge in [-0.3, -0.25) is 14.9 Å². The number of nitrogens with zero attached hydrogens (tertiary/aromatic N) is 1. The lowest BCUT2D eigenvalue weighted by Gasteiger charge is -2.33. The molecule has 184 valence electrons. The van der Waals surface area contributed by atoms with Crippen molar-refractivity contribution in [3.8, 4) is 0 Å². The molecule has 0 aromatic carbocycles. The first-order chi connectivity index (χ1) is 16.2. The average molecular weight is 526 g/mol. The van der Waals surface area contributed by atoms with Crippen molar-refractivity contribution in [3.63, 3.8) is 0 Å². The molecule has 1 aliphatic heterocycles. The first-order valence-corrected chi connectivity index (χ1v) is 14.3. The van der Waals surface area contributed by atoms with Gasteiger partial charge in [0, 0.05) is 11.4 Å². The Hall–Kier alpha value is -2.28. The highest BCUT2D eigenvalue weighted by Gasteiger charge is 2.39. The first kappa shape index (κ1) is 24.8. The molecule has 1 fully saturated rings. The summed E-state index contributed by atoms with van der Waals surface area (Å²) in [7, 11) is -2.64. The maximum absolute atomic E-state index is 13.4. The summed E-state index contributed by atoms with van der Waals surface area (Å²) in [6.45, 7) is 2.39. The number of thiophene rings is 2. The van der Waals surface area contributed by atoms with Crippen LogP contribution >= 0.6 is 22.7 Å². The normalized spacial score (nSPS) is 20.9. The van der Waals surface area contributed by atoms with Gasteiger partial charge in [-0.15, -0.1) is 22.7 Å². The van der Waals surface area contributed by atoms with Gasteiger partial charge in [0.05, 0.1) is 12.7 Å². The molecule has 0 saturated carbocycles. The van der Waals surface area contributed by atoms with Crippen LogP contribution in [0.2, 0.25) is 0 Å². The quantitative estimate of drug-likeness (QED) is 0.615. The summed E-state index contributed by atoms with van der Waals surface area (Å²) in [5, 5.41) is 7.05. The predicted octanol–water partition coefficient (Wildman–Crippen LogP) is 3.61. The highest BCUT2D eigenvalue weighted by atomic mass is 32.2. The van der Waals surface area contributed by atoms with E-state index in [1.54, 1.807) is 11.4 Å². The van der Waals surface area contributed by atoms with E-state index in [0.717, 1.165) is 41.0 Å². The zero-order valence-corrected chi connectivity index (χ0v) is 21.4. The van der Waals surface area contributed by atoms with Gasteiger partial charge < -0.3 is 10.1 Å². The minimum Gasteiger partial charge on any atom is -0.453 e. The van der Waals surface area contributed by atoms with E-state index < -0.39 is 34.0 Å². The van der Waals surface area contributed by atoms with E-state index in [0.29, 0.717) is 30.2 Å². The number of ether oxygens (including phenoxy) is 1. The van der Waals surface area contributed by atoms with Crippen molar-refractivity contribution in [2.45, 2.75) is 55.7 Å². The lowest BCUT2D eigenvalue weighted by Crippen LogP contribution is -2.49. The molecule has 1 saturated heterocycles. The molecule has 2 aromatic rings. The van der Waals surface area contributed by atoms with Crippen LogP contribution in [0.25, 0.3) is 0 Å². The van der Waals surface area contributed by atoms with Crippen LogP contribution in [0.4, 0.5) is 9.80 Å². The highest BCUT2D eigenvalue weighted by Crippen LogP contribution is 2.40. The number of carbonyl (C=O) groups is 3. The molecule has 12 heteroatoms. The zero-order chi connectivity index (χ0) is 24.5. The molecular formula is C22H27N3O6S3. The molecule has 2 atom stereocenters. The fourth-order valence-corrected chi connectivity index (χ4v) is 8.65. The fraction of sp³-hybridized carbons (Fsp3) is 0.500. The molecule has 3 heterocycles. The third-order valence-electron chi connectivity index (χ3n) is 6.19. The SMILES string of the molecule is COC(=O)NC(=O)c1c(NC(=O)C2CCCCN2S(=O)(=O)c2cccs2)sc2c1CCC(C)C2. The van der Waals surface area contributed by atoms with Crippen molar-refractivity contribution in [2.24, 2.45) is 5.92 Å². The van der Waals surface area contributed by atoms with Crippen molar-refractivity contribution < 1.29 is 27.5 Å². The van der Waals surface area contributed by atoms with Crippen LogP contribution in [0.5, 0.6) is 0 Å². The molecule has 0 spiro atoms. The number of carbonyl (C=O) groups excluding carboxylic acids is 3. The van der Waals surface area contributed by atoms with Gasteiger partial charge in [0.15, 0.2) is 0 Å². The van der Waals surface area contributed by atoms with Gasteiger partial charge in [-0.2, -0.15) is 4.31 Å². The maximum atomic E-state index is 13.4. The molecular weight excluding hydrogens is 498 g/mol. The topological polar surface area (TPSA) is 122 Å². The number of amides is 3. The Morgan fingerprint density at radius 2 is 2.00 bits per heavy atom. The van der Waals surface area contributed by atoms with Crippen LogP contribution in [-0.2, 0) is 32.4 Å². The largest absolute Gasteiger partial charge is 0.453 e. The van der Waals surface area contributed by atoms with Gasteiger partial charge in [0.1, 0.15) is 15.3 Å². The highest BCUT2D eigenvalue weighted by molar-refractivity contribution is 7.91. The van der Waals surface area contributed by atoms with Gasteiger partial charge in [-0.1, -0.05) is 19.4 Å². The molecule has 1 aliphatic carbocycles. The minimum absolute atomic E-state index is 0.200. The lowest BCUT2D eigenvalue weighted by molar-refractivity contribution is -0.120. The van der Waals surface area contributed by atoms with E-state index in [-0.39, 0.29) is 16.3 Å². The van der Waals surface area contributed by atoms with Gasteiger partial charge in [0.25, 0.3) is 15.9 Å². The Morgan fingerprint density at radius 3 is 2.71 bits per heavy atom. The van der Waals surface area contributed by atoms with Crippen molar-refractivity contribution in [1.29, 1.82) is 0 Å². The molecule has 3 amide bonds. The number of alkyl carbamates (subject to hydrolysis) is 1. The van der Waals surface area contributed by atoms with E-state index in [4.69, 9.17) is 0 Å². The fourth-order valence-electron chi connectivity index (χ4n) is 4.46. The number of imide groups is 1. The summed E-state index contributed by atoms with van der Waals surface area (Å²) >= 11 is 2.43. The first-order valence-electron chi connectivity index (χ1n) is 11.1. The Morgan fingerprint density at radius 1 is 1.21 bits per heavy atom. The summed E-state index contributed by atoms with van der Waals surface area (Å²) in [6, 6.07) is 2.32.